The fraction of sp³-hybridized carbons (Fsp3) is 0.750. The second-order valence-electron chi connectivity index (χ2n) is 3.49. The van der Waals surface area contributed by atoms with Gasteiger partial charge in [-0.15, -0.1) is 0 Å². The van der Waals surface area contributed by atoms with Crippen LogP contribution in [0, 0.1) is 0 Å². The van der Waals surface area contributed by atoms with E-state index >= 15 is 0 Å². The monoisotopic (exact) mass is 169 g/mol. The number of hydrogen-bond acceptors (Lipinski definition) is 2. The molecular formula is C8H15N3O. The van der Waals surface area contributed by atoms with Gasteiger partial charge in [0, 0.05) is 0 Å². The third-order valence-electron chi connectivity index (χ3n) is 2.57. The fourth-order valence-corrected chi connectivity index (χ4v) is 1.89. The van der Waals surface area contributed by atoms with E-state index in [9.17, 15) is 0 Å². The maximum Gasteiger partial charge on any atom is 0.227 e. The van der Waals surface area contributed by atoms with Crippen molar-refractivity contribution in [3.8, 4) is 0 Å². The Hall–Kier alpha value is -0.740. The number of hydrogen-bond donors (Lipinski definition) is 2. The number of quaternary nitrogens is 1. The molecule has 0 aromatic carbocycles. The van der Waals surface area contributed by atoms with Crippen molar-refractivity contribution in [3.05, 3.63) is 17.7 Å². The van der Waals surface area contributed by atoms with Crippen LogP contribution in [0.25, 0.3) is 5.59 Å². The Labute approximate surface area is 72.3 Å². The van der Waals surface area contributed by atoms with Gasteiger partial charge in [-0.2, -0.15) is 0 Å². The van der Waals surface area contributed by atoms with Crippen molar-refractivity contribution >= 4 is 0 Å². The summed E-state index contributed by atoms with van der Waals surface area (Å²) in [5.41, 5.74) is 9.40. The van der Waals surface area contributed by atoms with Gasteiger partial charge in [0.15, 0.2) is 0 Å². The highest BCUT2D eigenvalue weighted by Crippen LogP contribution is 2.16. The molecule has 1 saturated carbocycles. The van der Waals surface area contributed by atoms with Gasteiger partial charge < -0.3 is 15.6 Å². The zero-order valence-corrected chi connectivity index (χ0v) is 7.12. The Morgan fingerprint density at radius 3 is 2.75 bits per heavy atom. The Balaban J connectivity index is 1.91. The molecule has 1 atom stereocenters. The topological polar surface area (TPSA) is 53.8 Å². The third-order valence-corrected chi connectivity index (χ3v) is 2.57. The van der Waals surface area contributed by atoms with Crippen LogP contribution in [0.1, 0.15) is 32.1 Å². The standard InChI is InChI=1S/C8H15N3O/c9-8-6-11(10-12-8)7-4-2-1-3-5-7/h6-7,11H,1-5,9H2. The summed E-state index contributed by atoms with van der Waals surface area (Å²) in [5, 5.41) is 1.05. The Kier molecular flexibility index (Phi) is 2.19. The molecule has 12 heavy (non-hydrogen) atoms. The summed E-state index contributed by atoms with van der Waals surface area (Å²) in [5.74, 6) is 0.440. The van der Waals surface area contributed by atoms with Crippen LogP contribution < -0.4 is 10.7 Å². The van der Waals surface area contributed by atoms with Gasteiger partial charge in [-0.25, -0.2) is 0 Å². The minimum atomic E-state index is 0.440. The van der Waals surface area contributed by atoms with Gasteiger partial charge in [-0.1, -0.05) is 6.42 Å². The minimum Gasteiger partial charge on any atom is -0.523 e. The molecule has 1 heterocycles. The zero-order valence-electron chi connectivity index (χ0n) is 7.12. The van der Waals surface area contributed by atoms with Crippen LogP contribution in [0.15, 0.2) is 12.1 Å². The lowest BCUT2D eigenvalue weighted by atomic mass is 9.95. The first kappa shape index (κ1) is 7.89. The second kappa shape index (κ2) is 3.33. The van der Waals surface area contributed by atoms with Gasteiger partial charge in [-0.3, -0.25) is 5.59 Å². The molecule has 0 amide bonds. The lowest BCUT2D eigenvalue weighted by molar-refractivity contribution is -0.844. The van der Waals surface area contributed by atoms with Crippen LogP contribution in [0.4, 0.5) is 0 Å². The molecule has 0 radical (unpaired) electrons. The smallest absolute Gasteiger partial charge is 0.227 e. The third kappa shape index (κ3) is 1.54. The highest BCUT2D eigenvalue weighted by atomic mass is 16.7. The van der Waals surface area contributed by atoms with Gasteiger partial charge in [0.1, 0.15) is 6.20 Å². The Bertz CT molecular complexity index is 187. The molecule has 0 aromatic rings. The Morgan fingerprint density at radius 1 is 1.42 bits per heavy atom. The average molecular weight is 169 g/mol. The van der Waals surface area contributed by atoms with E-state index in [0.717, 1.165) is 5.01 Å². The first-order valence-electron chi connectivity index (χ1n) is 4.58. The van der Waals surface area contributed by atoms with Crippen molar-refractivity contribution < 1.29 is 9.85 Å². The Morgan fingerprint density at radius 2 is 2.17 bits per heavy atom. The van der Waals surface area contributed by atoms with Crippen LogP contribution in [0.2, 0.25) is 0 Å². The van der Waals surface area contributed by atoms with Crippen LogP contribution in [-0.2, 0) is 4.84 Å². The molecule has 0 saturated heterocycles. The summed E-state index contributed by atoms with van der Waals surface area (Å²) < 4.78 is 0. The molecule has 0 aromatic heterocycles. The molecule has 1 unspecified atom stereocenters. The molecule has 1 aliphatic carbocycles. The molecule has 4 heteroatoms. The van der Waals surface area contributed by atoms with E-state index in [1.807, 2.05) is 6.20 Å². The van der Waals surface area contributed by atoms with E-state index in [4.69, 9.17) is 10.6 Å². The van der Waals surface area contributed by atoms with Gasteiger partial charge >= 0.3 is 0 Å². The zero-order chi connectivity index (χ0) is 8.39. The highest BCUT2D eigenvalue weighted by molar-refractivity contribution is 4.85. The predicted octanol–water partition coefficient (Wildman–Crippen LogP) is 0.195. The molecular weight excluding hydrogens is 154 g/mol. The largest absolute Gasteiger partial charge is 0.523 e. The van der Waals surface area contributed by atoms with Crippen LogP contribution in [-0.4, -0.2) is 6.04 Å². The van der Waals surface area contributed by atoms with Crippen LogP contribution in [0.3, 0.4) is 0 Å². The lowest BCUT2D eigenvalue weighted by Crippen LogP contribution is -3.06. The van der Waals surface area contributed by atoms with Crippen molar-refractivity contribution in [2.24, 2.45) is 5.73 Å². The van der Waals surface area contributed by atoms with Crippen molar-refractivity contribution in [2.75, 3.05) is 0 Å². The van der Waals surface area contributed by atoms with E-state index in [1.54, 1.807) is 0 Å². The summed E-state index contributed by atoms with van der Waals surface area (Å²) in [6.45, 7) is 0. The van der Waals surface area contributed by atoms with E-state index in [2.05, 4.69) is 5.59 Å². The highest BCUT2D eigenvalue weighted by Gasteiger charge is 2.22. The van der Waals surface area contributed by atoms with Gasteiger partial charge in [0.05, 0.1) is 6.04 Å². The quantitative estimate of drug-likeness (QED) is 0.589. The van der Waals surface area contributed by atoms with Gasteiger partial charge in [-0.05, 0) is 25.7 Å². The van der Waals surface area contributed by atoms with Crippen LogP contribution >= 0.6 is 0 Å². The molecule has 1 fully saturated rings. The van der Waals surface area contributed by atoms with Crippen LogP contribution in [0.5, 0.6) is 0 Å². The summed E-state index contributed by atoms with van der Waals surface area (Å²) in [4.78, 5) is 4.85. The number of rotatable bonds is 1. The van der Waals surface area contributed by atoms with Gasteiger partial charge in [0.2, 0.25) is 5.88 Å². The molecule has 2 rings (SSSR count). The van der Waals surface area contributed by atoms with Gasteiger partial charge in [0.25, 0.3) is 0 Å². The summed E-state index contributed by atoms with van der Waals surface area (Å²) in [6, 6.07) is 0.597. The predicted molar refractivity (Wildman–Crippen MR) is 44.6 cm³/mol. The maximum absolute atomic E-state index is 5.46. The van der Waals surface area contributed by atoms with Crippen molar-refractivity contribution in [3.63, 3.8) is 0 Å². The molecule has 1 aliphatic heterocycles. The minimum absolute atomic E-state index is 0.440. The number of nitrogens with zero attached hydrogens (tertiary/aromatic N) is 1. The fourth-order valence-electron chi connectivity index (χ4n) is 1.89. The normalized spacial score (nSPS) is 31.3. The van der Waals surface area contributed by atoms with Crippen molar-refractivity contribution in [2.45, 2.75) is 38.1 Å². The summed E-state index contributed by atoms with van der Waals surface area (Å²) in [7, 11) is 0. The maximum atomic E-state index is 5.46. The van der Waals surface area contributed by atoms with E-state index in [0.29, 0.717) is 11.9 Å². The van der Waals surface area contributed by atoms with Crippen molar-refractivity contribution in [1.82, 2.24) is 0 Å². The molecule has 3 N–H and O–H groups in total. The summed E-state index contributed by atoms with van der Waals surface area (Å²) in [6.07, 6.45) is 8.34. The summed E-state index contributed by atoms with van der Waals surface area (Å²) >= 11 is 0. The first-order valence-corrected chi connectivity index (χ1v) is 4.58. The molecule has 2 aliphatic rings. The number of nitrogens with one attached hydrogen (secondary N) is 1. The SMILES string of the molecule is NC1=C[NH+](C2CCCCC2)[N-]O1. The first-order chi connectivity index (χ1) is 5.86. The van der Waals surface area contributed by atoms with Crippen molar-refractivity contribution in [1.29, 1.82) is 0 Å². The average Bonchev–Trinajstić information content (AvgIpc) is 2.54. The molecule has 0 bridgehead atoms. The lowest BCUT2D eigenvalue weighted by Gasteiger charge is -2.31. The molecule has 4 nitrogen and oxygen atoms in total. The number of nitrogens with two attached hydrogens (primary N) is 1. The molecule has 0 spiro atoms. The van der Waals surface area contributed by atoms with E-state index in [1.165, 1.54) is 32.1 Å². The van der Waals surface area contributed by atoms with E-state index < -0.39 is 0 Å². The second-order valence-corrected chi connectivity index (χ2v) is 3.49. The van der Waals surface area contributed by atoms with E-state index in [-0.39, 0.29) is 0 Å². The molecule has 68 valence electrons.